The monoisotopic (exact) mass is 372 g/mol. The topological polar surface area (TPSA) is 34.1 Å². The second kappa shape index (κ2) is 5.68. The molecule has 0 fully saturated rings. The first-order valence-electron chi connectivity index (χ1n) is 3.28. The molecule has 0 aliphatic carbocycles. The van der Waals surface area contributed by atoms with Crippen molar-refractivity contribution in [3.63, 3.8) is 0 Å². The Balaban J connectivity index is 0. The summed E-state index contributed by atoms with van der Waals surface area (Å²) in [6.45, 7) is 0. The van der Waals surface area contributed by atoms with E-state index in [9.17, 15) is 43.9 Å². The average molecular weight is 373 g/mol. The maximum Gasteiger partial charge on any atom is 0.460 e. The lowest BCUT2D eigenvalue weighted by Crippen LogP contribution is -2.59. The van der Waals surface area contributed by atoms with Crippen LogP contribution in [0.5, 0.6) is 0 Å². The van der Waals surface area contributed by atoms with E-state index in [-0.39, 0.29) is 0 Å². The van der Waals surface area contributed by atoms with Gasteiger partial charge in [-0.2, -0.15) is 52.3 Å². The Kier molecular flexibility index (Phi) is 6.31. The Labute approximate surface area is 107 Å². The summed E-state index contributed by atoms with van der Waals surface area (Å²) in [7, 11) is 4.81. The van der Waals surface area contributed by atoms with Gasteiger partial charge < -0.3 is 0 Å². The van der Waals surface area contributed by atoms with E-state index in [1.807, 2.05) is 0 Å². The summed E-state index contributed by atoms with van der Waals surface area (Å²) in [4.78, 5) is 0. The fourth-order valence-electron chi connectivity index (χ4n) is 0.356. The normalized spacial score (nSPS) is 14.7. The van der Waals surface area contributed by atoms with Crippen LogP contribution >= 0.6 is 21.4 Å². The van der Waals surface area contributed by atoms with Gasteiger partial charge in [0.2, 0.25) is 0 Å². The second-order valence-corrected chi connectivity index (χ2v) is 6.19. The second-order valence-electron chi connectivity index (χ2n) is 2.52. The van der Waals surface area contributed by atoms with Gasteiger partial charge in [0.05, 0.1) is 0 Å². The minimum atomic E-state index is -7.14. The van der Waals surface area contributed by atoms with Crippen molar-refractivity contribution >= 4 is 29.6 Å². The summed E-state index contributed by atoms with van der Waals surface area (Å²) in [6.07, 6.45) is -13.9. The Hall–Kier alpha value is -0.170. The molecule has 0 aromatic rings. The summed E-state index contributed by atoms with van der Waals surface area (Å²) in [5.41, 5.74) is 0. The van der Waals surface area contributed by atoms with Crippen LogP contribution in [0.2, 0.25) is 0 Å². The first-order valence-corrected chi connectivity index (χ1v) is 6.42. The van der Waals surface area contributed by atoms with Crippen molar-refractivity contribution in [1.29, 1.82) is 0 Å². The smallest absolute Gasteiger partial charge is 0.195 e. The molecule has 0 amide bonds. The first kappa shape index (κ1) is 21.1. The van der Waals surface area contributed by atoms with E-state index in [0.29, 0.717) is 0 Å². The van der Waals surface area contributed by atoms with Crippen molar-refractivity contribution in [2.75, 3.05) is 0 Å². The zero-order chi connectivity index (χ0) is 16.5. The Morgan fingerprint density at radius 2 is 0.684 bits per heavy atom. The fraction of sp³-hybridized carbons (Fsp3) is 1.00. The van der Waals surface area contributed by atoms with Crippen LogP contribution < -0.4 is 0 Å². The lowest BCUT2D eigenvalue weighted by atomic mass is 10.1. The molecule has 0 bridgehead atoms. The summed E-state index contributed by atoms with van der Waals surface area (Å²) in [6, 6.07) is 0. The van der Waals surface area contributed by atoms with Crippen molar-refractivity contribution in [1.82, 2.24) is 0 Å². The van der Waals surface area contributed by atoms with Crippen molar-refractivity contribution in [3.05, 3.63) is 0 Å². The van der Waals surface area contributed by atoms with Crippen LogP contribution in [-0.4, -0.2) is 32.6 Å². The van der Waals surface area contributed by atoms with Crippen LogP contribution in [0.1, 0.15) is 0 Å². The third-order valence-electron chi connectivity index (χ3n) is 1.11. The average Bonchev–Trinajstić information content (AvgIpc) is 1.95. The molecule has 0 saturated carbocycles. The van der Waals surface area contributed by atoms with Crippen LogP contribution in [0.4, 0.5) is 43.9 Å². The van der Waals surface area contributed by atoms with Gasteiger partial charge in [0.15, 0.2) is 0 Å². The number of halogens is 12. The molecule has 118 valence electrons. The summed E-state index contributed by atoms with van der Waals surface area (Å²) < 4.78 is 132. The van der Waals surface area contributed by atoms with E-state index in [2.05, 4.69) is 21.4 Å². The van der Waals surface area contributed by atoms with E-state index in [1.165, 1.54) is 0 Å². The predicted octanol–water partition coefficient (Wildman–Crippen LogP) is 4.09. The Bertz CT molecular complexity index is 363. The number of hydrogen-bond acceptors (Lipinski definition) is 2. The summed E-state index contributed by atoms with van der Waals surface area (Å²) in [5.74, 6) is -14.3. The van der Waals surface area contributed by atoms with Crippen molar-refractivity contribution in [2.24, 2.45) is 0 Å². The quantitative estimate of drug-likeness (QED) is 0.513. The van der Waals surface area contributed by atoms with Gasteiger partial charge in [-0.05, 0) is 0 Å². The molecule has 19 heavy (non-hydrogen) atoms. The molecular formula is C4Cl2F10O2S. The molecule has 0 heterocycles. The molecule has 0 spiro atoms. The molecular weight excluding hydrogens is 373 g/mol. The molecule has 0 radical (unpaired) electrons. The van der Waals surface area contributed by atoms with Gasteiger partial charge in [-0.15, -0.1) is 0 Å². The largest absolute Gasteiger partial charge is 0.460 e. The van der Waals surface area contributed by atoms with Crippen LogP contribution in [0.25, 0.3) is 0 Å². The standard InChI is InChI=1S/C4F10.Cl2O2S/c5-1(6,3(9,10)11)2(7,8)4(12,13)14;1-5(2,3)4. The SMILES string of the molecule is FC(F)(F)C(F)(F)C(F)(F)C(F)(F)F.O=S(=O)(Cl)Cl. The van der Waals surface area contributed by atoms with Crippen LogP contribution in [0.15, 0.2) is 0 Å². The zero-order valence-electron chi connectivity index (χ0n) is 7.76. The minimum Gasteiger partial charge on any atom is -0.195 e. The molecule has 0 aliphatic rings. The highest BCUT2D eigenvalue weighted by Gasteiger charge is 2.82. The molecule has 0 aromatic carbocycles. The number of hydrogen-bond donors (Lipinski definition) is 0. The summed E-state index contributed by atoms with van der Waals surface area (Å²) in [5, 5.41) is 0. The predicted molar refractivity (Wildman–Crippen MR) is 42.6 cm³/mol. The molecule has 0 rings (SSSR count). The third-order valence-corrected chi connectivity index (χ3v) is 1.11. The zero-order valence-corrected chi connectivity index (χ0v) is 10.1. The van der Waals surface area contributed by atoms with Crippen molar-refractivity contribution in [3.8, 4) is 0 Å². The van der Waals surface area contributed by atoms with Crippen molar-refractivity contribution < 1.29 is 52.3 Å². The third kappa shape index (κ3) is 6.21. The molecule has 2 nitrogen and oxygen atoms in total. The molecule has 15 heteroatoms. The van der Waals surface area contributed by atoms with E-state index >= 15 is 0 Å². The lowest BCUT2D eigenvalue weighted by Gasteiger charge is -2.29. The highest BCUT2D eigenvalue weighted by atomic mass is 36.0. The van der Waals surface area contributed by atoms with Gasteiger partial charge >= 0.3 is 32.5 Å². The van der Waals surface area contributed by atoms with Gasteiger partial charge in [-0.1, -0.05) is 0 Å². The molecule has 0 unspecified atom stereocenters. The van der Waals surface area contributed by atoms with E-state index < -0.39 is 32.5 Å². The van der Waals surface area contributed by atoms with E-state index in [1.54, 1.807) is 0 Å². The van der Waals surface area contributed by atoms with Gasteiger partial charge in [-0.3, -0.25) is 0 Å². The maximum absolute atomic E-state index is 11.6. The van der Waals surface area contributed by atoms with Crippen LogP contribution in [-0.2, 0) is 8.26 Å². The Morgan fingerprint density at radius 1 is 0.579 bits per heavy atom. The molecule has 0 saturated heterocycles. The van der Waals surface area contributed by atoms with Gasteiger partial charge in [0.25, 0.3) is 0 Å². The Morgan fingerprint density at radius 3 is 0.737 bits per heavy atom. The number of rotatable bonds is 1. The molecule has 0 aliphatic heterocycles. The summed E-state index contributed by atoms with van der Waals surface area (Å²) >= 11 is 0. The maximum atomic E-state index is 11.6. The minimum absolute atomic E-state index is 3.72. The lowest BCUT2D eigenvalue weighted by molar-refractivity contribution is -0.419. The number of alkyl halides is 10. The highest BCUT2D eigenvalue weighted by Crippen LogP contribution is 2.53. The van der Waals surface area contributed by atoms with Crippen molar-refractivity contribution in [2.45, 2.75) is 24.2 Å². The van der Waals surface area contributed by atoms with Crippen LogP contribution in [0, 0.1) is 0 Å². The molecule has 0 atom stereocenters. The van der Waals surface area contributed by atoms with E-state index in [0.717, 1.165) is 0 Å². The van der Waals surface area contributed by atoms with Crippen LogP contribution in [0.3, 0.4) is 0 Å². The van der Waals surface area contributed by atoms with E-state index in [4.69, 9.17) is 8.42 Å². The molecule has 0 N–H and O–H groups in total. The molecule has 0 aromatic heterocycles. The fourth-order valence-corrected chi connectivity index (χ4v) is 0.356. The van der Waals surface area contributed by atoms with Gasteiger partial charge in [-0.25, -0.2) is 0 Å². The highest BCUT2D eigenvalue weighted by molar-refractivity contribution is 8.31. The van der Waals surface area contributed by atoms with Gasteiger partial charge in [0, 0.05) is 21.4 Å². The first-order chi connectivity index (χ1) is 7.75. The van der Waals surface area contributed by atoms with Gasteiger partial charge in [0.1, 0.15) is 0 Å².